The molecule has 4 heteroatoms. The molecular formula is C19H33NO3. The molecular weight excluding hydrogens is 290 g/mol. The molecule has 4 nitrogen and oxygen atoms in total. The van der Waals surface area contributed by atoms with Crippen molar-refractivity contribution in [1.29, 1.82) is 0 Å². The summed E-state index contributed by atoms with van der Waals surface area (Å²) in [7, 11) is 0. The number of nitrogens with zero attached hydrogens (tertiary/aromatic N) is 1. The maximum atomic E-state index is 12.2. The van der Waals surface area contributed by atoms with Gasteiger partial charge in [0.15, 0.2) is 6.61 Å². The Morgan fingerprint density at radius 1 is 1.00 bits per heavy atom. The molecule has 1 amide bonds. The normalized spacial score (nSPS) is 26.9. The maximum Gasteiger partial charge on any atom is 0.309 e. The van der Waals surface area contributed by atoms with E-state index >= 15 is 0 Å². The first-order chi connectivity index (χ1) is 10.8. The fourth-order valence-corrected chi connectivity index (χ4v) is 3.80. The standard InChI is InChI=1S/C19H33NO3/c1-14-9-11-20(12-10-14)17(21)13-23-18(22)15-5-7-16(8-6-15)19(2,3)4/h14-16H,5-13H2,1-4H3. The second kappa shape index (κ2) is 7.67. The summed E-state index contributed by atoms with van der Waals surface area (Å²) in [5.74, 6) is 1.16. The van der Waals surface area contributed by atoms with Crippen LogP contribution in [0.1, 0.15) is 66.2 Å². The number of likely N-dealkylation sites (tertiary alicyclic amines) is 1. The van der Waals surface area contributed by atoms with Crippen molar-refractivity contribution in [3.8, 4) is 0 Å². The van der Waals surface area contributed by atoms with Gasteiger partial charge in [0.1, 0.15) is 0 Å². The van der Waals surface area contributed by atoms with Crippen LogP contribution < -0.4 is 0 Å². The van der Waals surface area contributed by atoms with Gasteiger partial charge in [-0.2, -0.15) is 0 Å². The van der Waals surface area contributed by atoms with Crippen LogP contribution >= 0.6 is 0 Å². The Labute approximate surface area is 140 Å². The van der Waals surface area contributed by atoms with Gasteiger partial charge in [-0.25, -0.2) is 0 Å². The number of carbonyl (C=O) groups excluding carboxylic acids is 2. The van der Waals surface area contributed by atoms with Gasteiger partial charge >= 0.3 is 5.97 Å². The predicted molar refractivity (Wildman–Crippen MR) is 90.8 cm³/mol. The molecule has 1 saturated carbocycles. The Hall–Kier alpha value is -1.06. The maximum absolute atomic E-state index is 12.2. The van der Waals surface area contributed by atoms with Crippen LogP contribution in [0.15, 0.2) is 0 Å². The zero-order valence-corrected chi connectivity index (χ0v) is 15.3. The first kappa shape index (κ1) is 18.3. The van der Waals surface area contributed by atoms with Gasteiger partial charge in [-0.15, -0.1) is 0 Å². The van der Waals surface area contributed by atoms with E-state index in [1.807, 2.05) is 4.90 Å². The van der Waals surface area contributed by atoms with E-state index in [0.717, 1.165) is 51.6 Å². The van der Waals surface area contributed by atoms with Gasteiger partial charge in [0.25, 0.3) is 5.91 Å². The molecule has 2 fully saturated rings. The van der Waals surface area contributed by atoms with Crippen LogP contribution in [0.4, 0.5) is 0 Å². The molecule has 2 rings (SSSR count). The smallest absolute Gasteiger partial charge is 0.309 e. The monoisotopic (exact) mass is 323 g/mol. The third-order valence-electron chi connectivity index (χ3n) is 5.76. The zero-order valence-electron chi connectivity index (χ0n) is 15.3. The highest BCUT2D eigenvalue weighted by Gasteiger charge is 2.33. The minimum atomic E-state index is -0.170. The van der Waals surface area contributed by atoms with Crippen LogP contribution in [0.25, 0.3) is 0 Å². The second-order valence-electron chi connectivity index (χ2n) is 8.59. The molecule has 0 unspecified atom stereocenters. The Kier molecular flexibility index (Phi) is 6.10. The van der Waals surface area contributed by atoms with Crippen LogP contribution in [0.3, 0.4) is 0 Å². The van der Waals surface area contributed by atoms with E-state index in [1.54, 1.807) is 0 Å². The molecule has 0 aromatic rings. The number of hydrogen-bond acceptors (Lipinski definition) is 3. The Morgan fingerprint density at radius 3 is 2.09 bits per heavy atom. The summed E-state index contributed by atoms with van der Waals surface area (Å²) in [5, 5.41) is 0. The molecule has 23 heavy (non-hydrogen) atoms. The average molecular weight is 323 g/mol. The third-order valence-corrected chi connectivity index (χ3v) is 5.76. The minimum absolute atomic E-state index is 0.0113. The number of amides is 1. The molecule has 0 bridgehead atoms. The van der Waals surface area contributed by atoms with E-state index in [1.165, 1.54) is 0 Å². The van der Waals surface area contributed by atoms with E-state index in [9.17, 15) is 9.59 Å². The van der Waals surface area contributed by atoms with Gasteiger partial charge in [-0.1, -0.05) is 27.7 Å². The molecule has 0 radical (unpaired) electrons. The minimum Gasteiger partial charge on any atom is -0.455 e. The Bertz CT molecular complexity index is 411. The number of ether oxygens (including phenoxy) is 1. The lowest BCUT2D eigenvalue weighted by Gasteiger charge is -2.36. The molecule has 0 N–H and O–H groups in total. The first-order valence-corrected chi connectivity index (χ1v) is 9.21. The molecule has 132 valence electrons. The highest BCUT2D eigenvalue weighted by molar-refractivity contribution is 5.81. The molecule has 1 aliphatic heterocycles. The van der Waals surface area contributed by atoms with Gasteiger partial charge in [0.2, 0.25) is 0 Å². The van der Waals surface area contributed by atoms with Crippen LogP contribution in [0.5, 0.6) is 0 Å². The number of rotatable bonds is 3. The van der Waals surface area contributed by atoms with Crippen LogP contribution in [-0.2, 0) is 14.3 Å². The Morgan fingerprint density at radius 2 is 1.57 bits per heavy atom. The summed E-state index contributed by atoms with van der Waals surface area (Å²) in [4.78, 5) is 26.2. The van der Waals surface area contributed by atoms with Gasteiger partial charge in [-0.05, 0) is 55.8 Å². The van der Waals surface area contributed by atoms with Crippen molar-refractivity contribution in [1.82, 2.24) is 4.90 Å². The SMILES string of the molecule is CC1CCN(C(=O)COC(=O)C2CCC(C(C)(C)C)CC2)CC1. The number of hydrogen-bond donors (Lipinski definition) is 0. The number of piperidine rings is 1. The lowest BCUT2D eigenvalue weighted by molar-refractivity contribution is -0.157. The van der Waals surface area contributed by atoms with Crippen molar-refractivity contribution < 1.29 is 14.3 Å². The predicted octanol–water partition coefficient (Wildman–Crippen LogP) is 3.64. The summed E-state index contributed by atoms with van der Waals surface area (Å²) >= 11 is 0. The third kappa shape index (κ3) is 5.22. The quantitative estimate of drug-likeness (QED) is 0.745. The zero-order chi connectivity index (χ0) is 17.0. The van der Waals surface area contributed by atoms with Gasteiger partial charge in [0.05, 0.1) is 5.92 Å². The van der Waals surface area contributed by atoms with Crippen LogP contribution in [-0.4, -0.2) is 36.5 Å². The molecule has 1 aliphatic carbocycles. The summed E-state index contributed by atoms with van der Waals surface area (Å²) < 4.78 is 5.31. The summed E-state index contributed by atoms with van der Waals surface area (Å²) in [6, 6.07) is 0. The fourth-order valence-electron chi connectivity index (χ4n) is 3.80. The summed E-state index contributed by atoms with van der Waals surface area (Å²) in [6.07, 6.45) is 6.07. The number of esters is 1. The molecule has 0 aromatic carbocycles. The van der Waals surface area contributed by atoms with E-state index in [2.05, 4.69) is 27.7 Å². The van der Waals surface area contributed by atoms with Crippen LogP contribution in [0.2, 0.25) is 0 Å². The highest BCUT2D eigenvalue weighted by Crippen LogP contribution is 2.40. The van der Waals surface area contributed by atoms with E-state index in [0.29, 0.717) is 17.3 Å². The van der Waals surface area contributed by atoms with E-state index in [-0.39, 0.29) is 24.4 Å². The highest BCUT2D eigenvalue weighted by atomic mass is 16.5. The van der Waals surface area contributed by atoms with E-state index in [4.69, 9.17) is 4.74 Å². The average Bonchev–Trinajstić information content (AvgIpc) is 2.52. The van der Waals surface area contributed by atoms with Crippen LogP contribution in [0, 0.1) is 23.2 Å². The van der Waals surface area contributed by atoms with E-state index < -0.39 is 0 Å². The van der Waals surface area contributed by atoms with Gasteiger partial charge in [-0.3, -0.25) is 9.59 Å². The molecule has 0 spiro atoms. The van der Waals surface area contributed by atoms with Crippen molar-refractivity contribution in [2.75, 3.05) is 19.7 Å². The topological polar surface area (TPSA) is 46.6 Å². The van der Waals surface area contributed by atoms with Crippen molar-refractivity contribution in [2.45, 2.75) is 66.2 Å². The summed E-state index contributed by atoms with van der Waals surface area (Å²) in [5.41, 5.74) is 0.316. The lowest BCUT2D eigenvalue weighted by Crippen LogP contribution is -2.40. The van der Waals surface area contributed by atoms with Gasteiger partial charge in [0, 0.05) is 13.1 Å². The molecule has 0 aromatic heterocycles. The molecule has 2 aliphatic rings. The van der Waals surface area contributed by atoms with Gasteiger partial charge < -0.3 is 9.64 Å². The van der Waals surface area contributed by atoms with Crippen molar-refractivity contribution in [2.24, 2.45) is 23.2 Å². The largest absolute Gasteiger partial charge is 0.455 e. The summed E-state index contributed by atoms with van der Waals surface area (Å²) in [6.45, 7) is 10.6. The Balaban J connectivity index is 1.70. The first-order valence-electron chi connectivity index (χ1n) is 9.21. The number of carbonyl (C=O) groups is 2. The molecule has 1 saturated heterocycles. The van der Waals surface area contributed by atoms with Crippen molar-refractivity contribution >= 4 is 11.9 Å². The fraction of sp³-hybridized carbons (Fsp3) is 0.895. The van der Waals surface area contributed by atoms with Crippen molar-refractivity contribution in [3.63, 3.8) is 0 Å². The molecule has 1 heterocycles. The molecule has 0 atom stereocenters. The second-order valence-corrected chi connectivity index (χ2v) is 8.59. The lowest BCUT2D eigenvalue weighted by atomic mass is 9.70. The van der Waals surface area contributed by atoms with Crippen molar-refractivity contribution in [3.05, 3.63) is 0 Å².